The van der Waals surface area contributed by atoms with Gasteiger partial charge in [-0.1, -0.05) is 35.1 Å². The Morgan fingerprint density at radius 2 is 1.89 bits per heavy atom. The third-order valence-electron chi connectivity index (χ3n) is 3.53. The Morgan fingerprint density at radius 3 is 2.37 bits per heavy atom. The average molecular weight is 280 g/mol. The van der Waals surface area contributed by atoms with Crippen molar-refractivity contribution < 1.29 is 9.59 Å². The predicted octanol–water partition coefficient (Wildman–Crippen LogP) is 4.31. The number of carbonyl (C=O) groups is 2. The van der Waals surface area contributed by atoms with Crippen LogP contribution in [0.2, 0.25) is 0 Å². The lowest BCUT2D eigenvalue weighted by Crippen LogP contribution is -2.29. The maximum atomic E-state index is 12.1. The minimum Gasteiger partial charge on any atom is -0.297 e. The molecule has 0 spiro atoms. The van der Waals surface area contributed by atoms with Gasteiger partial charge in [0.25, 0.3) is 0 Å². The molecule has 0 radical (unpaired) electrons. The fraction of sp³-hybridized carbons (Fsp3) is 0.625. The van der Waals surface area contributed by atoms with Gasteiger partial charge in [-0.05, 0) is 53.9 Å². The second-order valence-corrected chi connectivity index (χ2v) is 7.32. The molecule has 1 aliphatic rings. The van der Waals surface area contributed by atoms with Gasteiger partial charge in [0.15, 0.2) is 10.9 Å². The van der Waals surface area contributed by atoms with Crippen LogP contribution in [0.4, 0.5) is 0 Å². The standard InChI is InChI=1S/C16H24O2S/c1-11(2)7-6-8-12(3)9-10-16(5)14(17)13(4)15(18)19-16/h7,9,13H,6,8,10H2,1-5H3/b12-9+. The molecular weight excluding hydrogens is 256 g/mol. The van der Waals surface area contributed by atoms with E-state index in [0.717, 1.165) is 12.8 Å². The van der Waals surface area contributed by atoms with Crippen LogP contribution in [0.5, 0.6) is 0 Å². The summed E-state index contributed by atoms with van der Waals surface area (Å²) in [5, 5.41) is 0.0168. The van der Waals surface area contributed by atoms with Crippen molar-refractivity contribution in [2.75, 3.05) is 0 Å². The Balaban J connectivity index is 2.58. The molecule has 1 saturated heterocycles. The lowest BCUT2D eigenvalue weighted by atomic mass is 9.92. The van der Waals surface area contributed by atoms with Crippen LogP contribution in [-0.2, 0) is 9.59 Å². The average Bonchev–Trinajstić information content (AvgIpc) is 2.51. The normalized spacial score (nSPS) is 27.8. The van der Waals surface area contributed by atoms with Crippen molar-refractivity contribution in [1.82, 2.24) is 0 Å². The Kier molecular flexibility index (Phi) is 5.60. The van der Waals surface area contributed by atoms with E-state index < -0.39 is 10.7 Å². The first-order valence-electron chi connectivity index (χ1n) is 6.82. The van der Waals surface area contributed by atoms with E-state index >= 15 is 0 Å². The van der Waals surface area contributed by atoms with Crippen molar-refractivity contribution in [2.45, 2.75) is 58.6 Å². The van der Waals surface area contributed by atoms with Crippen LogP contribution in [0.25, 0.3) is 0 Å². The molecule has 3 heteroatoms. The number of rotatable bonds is 5. The van der Waals surface area contributed by atoms with E-state index in [1.54, 1.807) is 6.92 Å². The van der Waals surface area contributed by atoms with E-state index in [2.05, 4.69) is 32.9 Å². The van der Waals surface area contributed by atoms with Crippen molar-refractivity contribution in [2.24, 2.45) is 5.92 Å². The highest BCUT2D eigenvalue weighted by molar-refractivity contribution is 8.16. The number of carbonyl (C=O) groups excluding carboxylic acids is 2. The molecule has 0 aromatic heterocycles. The maximum Gasteiger partial charge on any atom is 0.200 e. The number of Topliss-reactive ketones (excluding diaryl/α,β-unsaturated/α-hetero) is 1. The van der Waals surface area contributed by atoms with Crippen LogP contribution in [0.15, 0.2) is 23.3 Å². The van der Waals surface area contributed by atoms with Gasteiger partial charge in [0.2, 0.25) is 0 Å². The first kappa shape index (κ1) is 16.2. The molecule has 19 heavy (non-hydrogen) atoms. The van der Waals surface area contributed by atoms with E-state index in [1.165, 1.54) is 22.9 Å². The lowest BCUT2D eigenvalue weighted by Gasteiger charge is -2.18. The molecule has 0 aromatic rings. The number of allylic oxidation sites excluding steroid dienone is 4. The first-order valence-corrected chi connectivity index (χ1v) is 7.64. The summed E-state index contributed by atoms with van der Waals surface area (Å²) in [4.78, 5) is 23.7. The summed E-state index contributed by atoms with van der Waals surface area (Å²) in [6, 6.07) is 0. The second kappa shape index (κ2) is 6.56. The summed E-state index contributed by atoms with van der Waals surface area (Å²) in [7, 11) is 0. The number of thioether (sulfide) groups is 1. The fourth-order valence-electron chi connectivity index (χ4n) is 2.13. The van der Waals surface area contributed by atoms with Gasteiger partial charge < -0.3 is 0 Å². The lowest BCUT2D eigenvalue weighted by molar-refractivity contribution is -0.127. The number of hydrogen-bond donors (Lipinski definition) is 0. The van der Waals surface area contributed by atoms with Gasteiger partial charge in [0, 0.05) is 0 Å². The van der Waals surface area contributed by atoms with Gasteiger partial charge in [0.05, 0.1) is 10.7 Å². The number of ketones is 1. The summed E-state index contributed by atoms with van der Waals surface area (Å²) >= 11 is 1.21. The Bertz CT molecular complexity index is 430. The molecule has 0 amide bonds. The van der Waals surface area contributed by atoms with Crippen molar-refractivity contribution in [3.8, 4) is 0 Å². The van der Waals surface area contributed by atoms with Crippen molar-refractivity contribution in [3.05, 3.63) is 23.3 Å². The summed E-state index contributed by atoms with van der Waals surface area (Å²) in [5.74, 6) is -0.356. The summed E-state index contributed by atoms with van der Waals surface area (Å²) in [6.45, 7) is 9.90. The number of hydrogen-bond acceptors (Lipinski definition) is 3. The van der Waals surface area contributed by atoms with E-state index in [0.29, 0.717) is 6.42 Å². The predicted molar refractivity (Wildman–Crippen MR) is 82.2 cm³/mol. The molecule has 2 atom stereocenters. The molecule has 0 aromatic carbocycles. The van der Waals surface area contributed by atoms with E-state index in [9.17, 15) is 9.59 Å². The highest BCUT2D eigenvalue weighted by Crippen LogP contribution is 2.42. The molecule has 2 nitrogen and oxygen atoms in total. The third kappa shape index (κ3) is 4.34. The van der Waals surface area contributed by atoms with E-state index in [4.69, 9.17) is 0 Å². The highest BCUT2D eigenvalue weighted by Gasteiger charge is 2.47. The van der Waals surface area contributed by atoms with Crippen LogP contribution >= 0.6 is 11.8 Å². The molecule has 1 rings (SSSR count). The Morgan fingerprint density at radius 1 is 1.26 bits per heavy atom. The quantitative estimate of drug-likeness (QED) is 0.556. The molecule has 1 aliphatic heterocycles. The molecule has 1 heterocycles. The molecular formula is C16H24O2S. The van der Waals surface area contributed by atoms with Crippen LogP contribution < -0.4 is 0 Å². The largest absolute Gasteiger partial charge is 0.297 e. The highest BCUT2D eigenvalue weighted by atomic mass is 32.2. The van der Waals surface area contributed by atoms with Gasteiger partial charge in [-0.3, -0.25) is 9.59 Å². The molecule has 0 bridgehead atoms. The third-order valence-corrected chi connectivity index (χ3v) is 4.90. The summed E-state index contributed by atoms with van der Waals surface area (Å²) in [6.07, 6.45) is 7.06. The van der Waals surface area contributed by atoms with Crippen LogP contribution in [0.1, 0.15) is 53.9 Å². The zero-order valence-corrected chi connectivity index (χ0v) is 13.4. The SMILES string of the molecule is CC(C)=CCC/C(C)=C/CC1(C)SC(=O)C(C)C1=O. The maximum absolute atomic E-state index is 12.1. The summed E-state index contributed by atoms with van der Waals surface area (Å²) < 4.78 is -0.547. The second-order valence-electron chi connectivity index (χ2n) is 5.81. The van der Waals surface area contributed by atoms with Gasteiger partial charge in [-0.25, -0.2) is 0 Å². The fourth-order valence-corrected chi connectivity index (χ4v) is 3.30. The van der Waals surface area contributed by atoms with Crippen molar-refractivity contribution >= 4 is 22.7 Å². The Labute approximate surface area is 120 Å². The molecule has 0 saturated carbocycles. The van der Waals surface area contributed by atoms with Gasteiger partial charge >= 0.3 is 0 Å². The molecule has 0 N–H and O–H groups in total. The van der Waals surface area contributed by atoms with Crippen LogP contribution in [0.3, 0.4) is 0 Å². The van der Waals surface area contributed by atoms with Crippen LogP contribution in [0, 0.1) is 5.92 Å². The van der Waals surface area contributed by atoms with Gasteiger partial charge in [0.1, 0.15) is 0 Å². The van der Waals surface area contributed by atoms with Crippen LogP contribution in [-0.4, -0.2) is 15.6 Å². The van der Waals surface area contributed by atoms with Gasteiger partial charge in [-0.2, -0.15) is 0 Å². The summed E-state index contributed by atoms with van der Waals surface area (Å²) in [5.41, 5.74) is 2.62. The zero-order chi connectivity index (χ0) is 14.6. The van der Waals surface area contributed by atoms with E-state index in [-0.39, 0.29) is 10.9 Å². The Hall–Kier alpha value is -0.830. The monoisotopic (exact) mass is 280 g/mol. The molecule has 0 aliphatic carbocycles. The molecule has 2 unspecified atom stereocenters. The minimum atomic E-state index is -0.547. The molecule has 106 valence electrons. The van der Waals surface area contributed by atoms with Crippen molar-refractivity contribution in [3.63, 3.8) is 0 Å². The topological polar surface area (TPSA) is 34.1 Å². The van der Waals surface area contributed by atoms with Crippen molar-refractivity contribution in [1.29, 1.82) is 0 Å². The molecule has 1 fully saturated rings. The smallest absolute Gasteiger partial charge is 0.200 e. The minimum absolute atomic E-state index is 0.0168. The van der Waals surface area contributed by atoms with Gasteiger partial charge in [-0.15, -0.1) is 0 Å². The first-order chi connectivity index (χ1) is 8.76. The zero-order valence-electron chi connectivity index (χ0n) is 12.6. The van der Waals surface area contributed by atoms with E-state index in [1.807, 2.05) is 6.92 Å².